The van der Waals surface area contributed by atoms with E-state index in [4.69, 9.17) is 23.2 Å². The predicted octanol–water partition coefficient (Wildman–Crippen LogP) is 5.58. The number of benzene rings is 3. The van der Waals surface area contributed by atoms with Gasteiger partial charge in [-0.05, 0) is 56.7 Å². The molecular weight excluding hydrogens is 564 g/mol. The van der Waals surface area contributed by atoms with Gasteiger partial charge in [0.15, 0.2) is 0 Å². The Morgan fingerprint density at radius 3 is 2.28 bits per heavy atom. The van der Waals surface area contributed by atoms with Gasteiger partial charge < -0.3 is 10.2 Å². The third-order valence-corrected chi connectivity index (χ3v) is 8.62. The number of hydrogen-bond acceptors (Lipinski definition) is 4. The number of aryl methyl sites for hydroxylation is 1. The van der Waals surface area contributed by atoms with E-state index in [-0.39, 0.29) is 32.7 Å². The first kappa shape index (κ1) is 30.4. The van der Waals surface area contributed by atoms with Gasteiger partial charge >= 0.3 is 0 Å². The Morgan fingerprint density at radius 2 is 1.67 bits per heavy atom. The first-order valence-corrected chi connectivity index (χ1v) is 14.5. The van der Waals surface area contributed by atoms with Crippen LogP contribution in [0.15, 0.2) is 71.6 Å². The van der Waals surface area contributed by atoms with E-state index >= 15 is 0 Å². The number of nitrogens with zero attached hydrogens (tertiary/aromatic N) is 2. The summed E-state index contributed by atoms with van der Waals surface area (Å²) in [6.07, 6.45) is 0.680. The highest BCUT2D eigenvalue weighted by atomic mass is 35.5. The van der Waals surface area contributed by atoms with Crippen LogP contribution in [0, 0.1) is 12.7 Å². The molecule has 0 saturated carbocycles. The molecule has 0 fully saturated rings. The number of nitrogens with one attached hydrogen (secondary N) is 1. The maximum Gasteiger partial charge on any atom is 0.264 e. The van der Waals surface area contributed by atoms with E-state index in [1.54, 1.807) is 18.2 Å². The zero-order valence-corrected chi connectivity index (χ0v) is 24.2. The molecule has 2 amide bonds. The van der Waals surface area contributed by atoms with Crippen LogP contribution in [0.2, 0.25) is 10.0 Å². The van der Waals surface area contributed by atoms with E-state index in [1.165, 1.54) is 60.4 Å². The summed E-state index contributed by atoms with van der Waals surface area (Å²) >= 11 is 12.3. The smallest absolute Gasteiger partial charge is 0.264 e. The van der Waals surface area contributed by atoms with Crippen molar-refractivity contribution in [2.45, 2.75) is 44.7 Å². The van der Waals surface area contributed by atoms with Crippen molar-refractivity contribution in [3.63, 3.8) is 0 Å². The predicted molar refractivity (Wildman–Crippen MR) is 152 cm³/mol. The van der Waals surface area contributed by atoms with E-state index in [2.05, 4.69) is 5.32 Å². The summed E-state index contributed by atoms with van der Waals surface area (Å²) in [5, 5.41) is 3.05. The fraction of sp³-hybridized carbons (Fsp3) is 0.286. The molecule has 39 heavy (non-hydrogen) atoms. The van der Waals surface area contributed by atoms with Crippen molar-refractivity contribution in [2.24, 2.45) is 0 Å². The van der Waals surface area contributed by atoms with Gasteiger partial charge in [0.2, 0.25) is 11.8 Å². The van der Waals surface area contributed by atoms with Gasteiger partial charge in [-0.3, -0.25) is 13.9 Å². The Balaban J connectivity index is 2.05. The van der Waals surface area contributed by atoms with Crippen LogP contribution in [-0.2, 0) is 26.2 Å². The average Bonchev–Trinajstić information content (AvgIpc) is 2.91. The van der Waals surface area contributed by atoms with Crippen LogP contribution >= 0.6 is 23.2 Å². The van der Waals surface area contributed by atoms with E-state index in [1.807, 2.05) is 13.8 Å². The Hall–Kier alpha value is -3.14. The van der Waals surface area contributed by atoms with Crippen LogP contribution in [0.1, 0.15) is 31.4 Å². The Morgan fingerprint density at radius 1 is 1.00 bits per heavy atom. The van der Waals surface area contributed by atoms with Crippen LogP contribution in [0.4, 0.5) is 10.1 Å². The third kappa shape index (κ3) is 7.50. The van der Waals surface area contributed by atoms with Crippen molar-refractivity contribution >= 4 is 50.7 Å². The minimum absolute atomic E-state index is 0.0404. The number of amides is 2. The first-order valence-electron chi connectivity index (χ1n) is 12.3. The minimum Gasteiger partial charge on any atom is -0.354 e. The summed E-state index contributed by atoms with van der Waals surface area (Å²) in [4.78, 5) is 27.8. The Kier molecular flexibility index (Phi) is 10.4. The number of carbonyl (C=O) groups is 2. The summed E-state index contributed by atoms with van der Waals surface area (Å²) in [7, 11) is -4.26. The lowest BCUT2D eigenvalue weighted by Gasteiger charge is -2.32. The molecule has 0 heterocycles. The molecule has 0 saturated heterocycles. The lowest BCUT2D eigenvalue weighted by Crippen LogP contribution is -2.51. The molecule has 3 aromatic rings. The van der Waals surface area contributed by atoms with Crippen LogP contribution < -0.4 is 9.62 Å². The highest BCUT2D eigenvalue weighted by Gasteiger charge is 2.33. The van der Waals surface area contributed by atoms with Crippen LogP contribution in [-0.4, -0.2) is 44.3 Å². The van der Waals surface area contributed by atoms with Gasteiger partial charge in [-0.15, -0.1) is 0 Å². The molecule has 3 aromatic carbocycles. The zero-order valence-electron chi connectivity index (χ0n) is 21.8. The van der Waals surface area contributed by atoms with Crippen molar-refractivity contribution in [3.05, 3.63) is 93.7 Å². The van der Waals surface area contributed by atoms with Crippen molar-refractivity contribution in [1.82, 2.24) is 10.2 Å². The monoisotopic (exact) mass is 593 g/mol. The fourth-order valence-electron chi connectivity index (χ4n) is 3.80. The summed E-state index contributed by atoms with van der Waals surface area (Å²) in [6, 6.07) is 15.3. The largest absolute Gasteiger partial charge is 0.354 e. The molecule has 0 bridgehead atoms. The van der Waals surface area contributed by atoms with Gasteiger partial charge in [0.1, 0.15) is 18.4 Å². The van der Waals surface area contributed by atoms with Gasteiger partial charge in [0, 0.05) is 18.7 Å². The molecule has 1 atom stereocenters. The highest BCUT2D eigenvalue weighted by molar-refractivity contribution is 7.92. The second-order valence-electron chi connectivity index (χ2n) is 9.00. The van der Waals surface area contributed by atoms with Crippen molar-refractivity contribution in [3.8, 4) is 0 Å². The topological polar surface area (TPSA) is 86.8 Å². The SMILES string of the molecule is CCCNC(=O)[C@@H](C)N(Cc1ccccc1F)C(=O)CN(c1ccc(Cl)c(Cl)c1)S(=O)(=O)c1ccc(C)cc1. The van der Waals surface area contributed by atoms with Crippen LogP contribution in [0.3, 0.4) is 0 Å². The molecule has 0 unspecified atom stereocenters. The minimum atomic E-state index is -4.26. The second kappa shape index (κ2) is 13.3. The molecule has 3 rings (SSSR count). The second-order valence-corrected chi connectivity index (χ2v) is 11.7. The van der Waals surface area contributed by atoms with Crippen molar-refractivity contribution in [1.29, 1.82) is 0 Å². The molecule has 0 spiro atoms. The first-order chi connectivity index (χ1) is 18.4. The summed E-state index contributed by atoms with van der Waals surface area (Å²) in [5.41, 5.74) is 1.14. The number of halogens is 3. The van der Waals surface area contributed by atoms with Crippen LogP contribution in [0.25, 0.3) is 0 Å². The van der Waals surface area contributed by atoms with Gasteiger partial charge in [0.05, 0.1) is 20.6 Å². The third-order valence-electron chi connectivity index (χ3n) is 6.09. The number of anilines is 1. The molecule has 11 heteroatoms. The lowest BCUT2D eigenvalue weighted by molar-refractivity contribution is -0.139. The molecule has 1 N–H and O–H groups in total. The molecular formula is C28H30Cl2FN3O4S. The fourth-order valence-corrected chi connectivity index (χ4v) is 5.49. The van der Waals surface area contributed by atoms with Gasteiger partial charge in [-0.1, -0.05) is 66.0 Å². The Bertz CT molecular complexity index is 1430. The van der Waals surface area contributed by atoms with Crippen molar-refractivity contribution in [2.75, 3.05) is 17.4 Å². The molecule has 0 radical (unpaired) electrons. The molecule has 0 aliphatic heterocycles. The van der Waals surface area contributed by atoms with E-state index in [0.29, 0.717) is 13.0 Å². The van der Waals surface area contributed by atoms with Gasteiger partial charge in [-0.2, -0.15) is 0 Å². The molecule has 0 aromatic heterocycles. The number of hydrogen-bond donors (Lipinski definition) is 1. The zero-order chi connectivity index (χ0) is 28.7. The molecule has 208 valence electrons. The maximum absolute atomic E-state index is 14.6. The van der Waals surface area contributed by atoms with E-state index in [0.717, 1.165) is 9.87 Å². The Labute approximate surface area is 238 Å². The van der Waals surface area contributed by atoms with E-state index in [9.17, 15) is 22.4 Å². The van der Waals surface area contributed by atoms with Crippen LogP contribution in [0.5, 0.6) is 0 Å². The number of rotatable bonds is 11. The molecule has 7 nitrogen and oxygen atoms in total. The highest BCUT2D eigenvalue weighted by Crippen LogP contribution is 2.31. The average molecular weight is 595 g/mol. The summed E-state index contributed by atoms with van der Waals surface area (Å²) < 4.78 is 43.1. The summed E-state index contributed by atoms with van der Waals surface area (Å²) in [5.74, 6) is -1.70. The number of carbonyl (C=O) groups excluding carboxylic acids is 2. The van der Waals surface area contributed by atoms with Gasteiger partial charge in [-0.25, -0.2) is 12.8 Å². The van der Waals surface area contributed by atoms with Gasteiger partial charge in [0.25, 0.3) is 10.0 Å². The standard InChI is InChI=1S/C28H30Cl2FN3O4S/c1-4-15-32-28(36)20(3)33(17-21-7-5-6-8-26(21)31)27(35)18-34(22-11-14-24(29)25(30)16-22)39(37,38)23-12-9-19(2)10-13-23/h5-14,16,20H,4,15,17-18H2,1-3H3,(H,32,36)/t20-/m1/s1. The quantitative estimate of drug-likeness (QED) is 0.314. The number of sulfonamides is 1. The molecule has 0 aliphatic rings. The maximum atomic E-state index is 14.6. The normalized spacial score (nSPS) is 12.1. The molecule has 0 aliphatic carbocycles. The van der Waals surface area contributed by atoms with E-state index < -0.39 is 40.2 Å². The van der Waals surface area contributed by atoms with Crippen molar-refractivity contribution < 1.29 is 22.4 Å². The lowest BCUT2D eigenvalue weighted by atomic mass is 10.1. The summed E-state index contributed by atoms with van der Waals surface area (Å²) in [6.45, 7) is 4.70.